The van der Waals surface area contributed by atoms with Crippen LogP contribution in [0.3, 0.4) is 0 Å². The summed E-state index contributed by atoms with van der Waals surface area (Å²) in [6.45, 7) is 3.86. The average Bonchev–Trinajstić information content (AvgIpc) is 3.49. The molecule has 242 valence electrons. The number of hydrogen-bond acceptors (Lipinski definition) is 8. The summed E-state index contributed by atoms with van der Waals surface area (Å²) in [4.78, 5) is 18.2. The van der Waals surface area contributed by atoms with Crippen molar-refractivity contribution in [1.82, 2.24) is 19.8 Å². The van der Waals surface area contributed by atoms with Gasteiger partial charge in [0.1, 0.15) is 16.5 Å². The molecule has 0 amide bonds. The van der Waals surface area contributed by atoms with Crippen molar-refractivity contribution < 1.29 is 53.6 Å². The number of alkyl halides is 6. The highest BCUT2D eigenvalue weighted by Crippen LogP contribution is 2.46. The van der Waals surface area contributed by atoms with Gasteiger partial charge in [-0.2, -0.15) is 36.0 Å². The van der Waals surface area contributed by atoms with E-state index in [1.165, 1.54) is 18.6 Å². The largest absolute Gasteiger partial charge is 0.481 e. The highest BCUT2D eigenvalue weighted by molar-refractivity contribution is 7.89. The standard InChI is InChI=1S/C26H27F7N4O5S2/c1-4-16(25(28,29)30)37-44(40,41)15-9-8-13(18(19(15)27)26(31,32)33)20-14(10-12-6-5-7-12)34-22(43-20)21-35-17(42-36-21)11-24(2,3)23(38)39/h8-9,12,16,37H,4-7,10-11H2,1-3H3,(H,38,39)/t16-/m0/s1. The molecule has 1 atom stereocenters. The highest BCUT2D eigenvalue weighted by atomic mass is 32.2. The molecule has 2 N–H and O–H groups in total. The van der Waals surface area contributed by atoms with Crippen LogP contribution in [0, 0.1) is 17.2 Å². The molecule has 3 aromatic rings. The van der Waals surface area contributed by atoms with Crippen LogP contribution in [-0.2, 0) is 33.8 Å². The molecule has 1 aliphatic carbocycles. The minimum Gasteiger partial charge on any atom is -0.481 e. The van der Waals surface area contributed by atoms with E-state index in [1.807, 2.05) is 0 Å². The van der Waals surface area contributed by atoms with Crippen molar-refractivity contribution in [2.24, 2.45) is 11.3 Å². The topological polar surface area (TPSA) is 135 Å². The number of aromatic nitrogens is 3. The van der Waals surface area contributed by atoms with E-state index in [4.69, 9.17) is 4.52 Å². The maximum absolute atomic E-state index is 15.6. The van der Waals surface area contributed by atoms with Gasteiger partial charge in [-0.1, -0.05) is 37.4 Å². The summed E-state index contributed by atoms with van der Waals surface area (Å²) in [5.74, 6) is -3.55. The van der Waals surface area contributed by atoms with Crippen LogP contribution < -0.4 is 4.72 Å². The molecular weight excluding hydrogens is 645 g/mol. The Morgan fingerprint density at radius 3 is 2.34 bits per heavy atom. The minimum absolute atomic E-state index is 0.0136. The van der Waals surface area contributed by atoms with E-state index >= 15 is 4.39 Å². The van der Waals surface area contributed by atoms with Crippen LogP contribution in [0.1, 0.15) is 63.6 Å². The van der Waals surface area contributed by atoms with Crippen molar-refractivity contribution >= 4 is 27.3 Å². The van der Waals surface area contributed by atoms with E-state index in [-0.39, 0.29) is 46.1 Å². The Hall–Kier alpha value is -3.12. The smallest absolute Gasteiger partial charge is 0.419 e. The van der Waals surface area contributed by atoms with Crippen LogP contribution in [0.4, 0.5) is 30.7 Å². The molecule has 9 nitrogen and oxygen atoms in total. The molecule has 0 unspecified atom stereocenters. The van der Waals surface area contributed by atoms with Gasteiger partial charge < -0.3 is 9.63 Å². The number of nitrogens with zero attached hydrogens (tertiary/aromatic N) is 3. The van der Waals surface area contributed by atoms with Gasteiger partial charge in [-0.15, -0.1) is 11.3 Å². The van der Waals surface area contributed by atoms with Crippen molar-refractivity contribution in [2.45, 2.75) is 82.6 Å². The fourth-order valence-corrected chi connectivity index (χ4v) is 6.93. The molecule has 18 heteroatoms. The summed E-state index contributed by atoms with van der Waals surface area (Å²) in [7, 11) is -5.38. The van der Waals surface area contributed by atoms with Gasteiger partial charge >= 0.3 is 18.3 Å². The molecule has 0 aliphatic heterocycles. The predicted octanol–water partition coefficient (Wildman–Crippen LogP) is 6.63. The third kappa shape index (κ3) is 7.06. The molecule has 0 saturated heterocycles. The van der Waals surface area contributed by atoms with Crippen molar-refractivity contribution in [3.63, 3.8) is 0 Å². The van der Waals surface area contributed by atoms with Crippen LogP contribution in [0.25, 0.3) is 21.3 Å². The summed E-state index contributed by atoms with van der Waals surface area (Å²) < 4.78 is 130. The molecule has 1 aromatic carbocycles. The summed E-state index contributed by atoms with van der Waals surface area (Å²) >= 11 is 0.657. The molecule has 1 saturated carbocycles. The predicted molar refractivity (Wildman–Crippen MR) is 142 cm³/mol. The first-order valence-corrected chi connectivity index (χ1v) is 15.6. The second kappa shape index (κ2) is 12.0. The number of hydrogen-bond donors (Lipinski definition) is 2. The Kier molecular flexibility index (Phi) is 9.21. The Balaban J connectivity index is 1.83. The second-order valence-electron chi connectivity index (χ2n) is 11.1. The first kappa shape index (κ1) is 33.8. The molecule has 0 radical (unpaired) electrons. The van der Waals surface area contributed by atoms with E-state index < -0.39 is 68.1 Å². The third-order valence-corrected chi connectivity index (χ3v) is 9.88. The number of carboxylic acid groups (broad SMARTS) is 1. The molecule has 2 aromatic heterocycles. The molecule has 44 heavy (non-hydrogen) atoms. The van der Waals surface area contributed by atoms with Gasteiger partial charge in [0.15, 0.2) is 10.8 Å². The van der Waals surface area contributed by atoms with Crippen molar-refractivity contribution in [1.29, 1.82) is 0 Å². The molecule has 1 fully saturated rings. The van der Waals surface area contributed by atoms with Crippen LogP contribution >= 0.6 is 11.3 Å². The van der Waals surface area contributed by atoms with E-state index in [0.717, 1.165) is 26.2 Å². The van der Waals surface area contributed by atoms with Gasteiger partial charge in [-0.05, 0) is 38.7 Å². The van der Waals surface area contributed by atoms with Gasteiger partial charge in [-0.3, -0.25) is 4.79 Å². The SMILES string of the molecule is CC[C@H](NS(=O)(=O)c1ccc(-c2sc(-c3noc(CC(C)(C)C(=O)O)n3)nc2CC2CCC2)c(C(F)(F)F)c1F)C(F)(F)F. The molecule has 2 heterocycles. The van der Waals surface area contributed by atoms with E-state index in [9.17, 15) is 44.7 Å². The quantitative estimate of drug-likeness (QED) is 0.217. The summed E-state index contributed by atoms with van der Waals surface area (Å²) in [5, 5.41) is 13.1. The number of thiazole rings is 1. The van der Waals surface area contributed by atoms with Crippen molar-refractivity contribution in [3.05, 3.63) is 35.1 Å². The van der Waals surface area contributed by atoms with Crippen LogP contribution in [0.15, 0.2) is 21.6 Å². The Bertz CT molecular complexity index is 1640. The fourth-order valence-electron chi connectivity index (χ4n) is 4.50. The minimum atomic E-state index is -5.46. The first-order valence-electron chi connectivity index (χ1n) is 13.3. The van der Waals surface area contributed by atoms with Crippen LogP contribution in [0.2, 0.25) is 0 Å². The lowest BCUT2D eigenvalue weighted by molar-refractivity contribution is -0.151. The number of sulfonamides is 1. The van der Waals surface area contributed by atoms with Gasteiger partial charge in [0, 0.05) is 12.0 Å². The van der Waals surface area contributed by atoms with Gasteiger partial charge in [-0.25, -0.2) is 17.8 Å². The summed E-state index contributed by atoms with van der Waals surface area (Å²) in [6, 6.07) is -1.48. The Morgan fingerprint density at radius 2 is 1.82 bits per heavy atom. The molecule has 0 bridgehead atoms. The second-order valence-corrected chi connectivity index (χ2v) is 13.8. The van der Waals surface area contributed by atoms with Crippen molar-refractivity contribution in [2.75, 3.05) is 0 Å². The molecular formula is C26H27F7N4O5S2. The van der Waals surface area contributed by atoms with E-state index in [2.05, 4.69) is 15.1 Å². The summed E-state index contributed by atoms with van der Waals surface area (Å²) in [6.07, 6.45) is -8.85. The number of halogens is 7. The lowest BCUT2D eigenvalue weighted by atomic mass is 9.81. The van der Waals surface area contributed by atoms with Gasteiger partial charge in [0.2, 0.25) is 21.7 Å². The van der Waals surface area contributed by atoms with Crippen LogP contribution in [0.5, 0.6) is 0 Å². The van der Waals surface area contributed by atoms with Crippen LogP contribution in [-0.4, -0.2) is 46.8 Å². The molecule has 4 rings (SSSR count). The number of carbonyl (C=O) groups is 1. The fraction of sp³-hybridized carbons (Fsp3) is 0.538. The first-order chi connectivity index (χ1) is 20.2. The number of benzene rings is 1. The third-order valence-electron chi connectivity index (χ3n) is 7.26. The monoisotopic (exact) mass is 672 g/mol. The maximum Gasteiger partial charge on any atom is 0.419 e. The highest BCUT2D eigenvalue weighted by Gasteiger charge is 2.44. The van der Waals surface area contributed by atoms with E-state index in [1.54, 1.807) is 0 Å². The Labute approximate surface area is 250 Å². The molecule has 0 spiro atoms. The Morgan fingerprint density at radius 1 is 1.16 bits per heavy atom. The number of aliphatic carboxylic acids is 1. The zero-order chi connectivity index (χ0) is 32.8. The number of carboxylic acids is 1. The molecule has 1 aliphatic rings. The zero-order valence-electron chi connectivity index (χ0n) is 23.4. The number of rotatable bonds is 11. The summed E-state index contributed by atoms with van der Waals surface area (Å²) in [5.41, 5.74) is -3.89. The lowest BCUT2D eigenvalue weighted by Crippen LogP contribution is -2.45. The normalized spacial score (nSPS) is 15.8. The van der Waals surface area contributed by atoms with Gasteiger partial charge in [0.05, 0.1) is 16.0 Å². The number of nitrogens with one attached hydrogen (secondary N) is 1. The average molecular weight is 673 g/mol. The lowest BCUT2D eigenvalue weighted by Gasteiger charge is -2.25. The van der Waals surface area contributed by atoms with Crippen molar-refractivity contribution in [3.8, 4) is 21.3 Å². The zero-order valence-corrected chi connectivity index (χ0v) is 25.1. The van der Waals surface area contributed by atoms with E-state index in [0.29, 0.717) is 23.5 Å². The van der Waals surface area contributed by atoms with Gasteiger partial charge in [0.25, 0.3) is 0 Å². The maximum atomic E-state index is 15.6.